The molecule has 1 atom stereocenters. The number of rotatable bonds is 3. The number of hydrogen-bond acceptors (Lipinski definition) is 4. The maximum Gasteiger partial charge on any atom is 0.142 e. The number of aryl methyl sites for hydroxylation is 2. The summed E-state index contributed by atoms with van der Waals surface area (Å²) >= 11 is 1.83. The van der Waals surface area contributed by atoms with Crippen LogP contribution in [0.2, 0.25) is 0 Å². The van der Waals surface area contributed by atoms with Crippen LogP contribution < -0.4 is 5.32 Å². The lowest BCUT2D eigenvalue weighted by Crippen LogP contribution is -2.21. The van der Waals surface area contributed by atoms with Crippen molar-refractivity contribution >= 4 is 11.3 Å². The number of aromatic nitrogens is 3. The van der Waals surface area contributed by atoms with Gasteiger partial charge in [-0.05, 0) is 33.2 Å². The van der Waals surface area contributed by atoms with Crippen LogP contribution in [0.15, 0.2) is 12.5 Å². The van der Waals surface area contributed by atoms with E-state index in [0.717, 1.165) is 17.2 Å². The zero-order valence-corrected chi connectivity index (χ0v) is 11.6. The molecule has 2 aromatic rings. The summed E-state index contributed by atoms with van der Waals surface area (Å²) in [5, 5.41) is 4.48. The maximum atomic E-state index is 4.85. The van der Waals surface area contributed by atoms with Gasteiger partial charge in [0.05, 0.1) is 30.0 Å². The number of nitrogens with one attached hydrogen (secondary N) is 1. The molecule has 3 rings (SSSR count). The Hall–Kier alpha value is -1.20. The van der Waals surface area contributed by atoms with Crippen LogP contribution in [0.5, 0.6) is 0 Å². The molecule has 0 bridgehead atoms. The van der Waals surface area contributed by atoms with Gasteiger partial charge in [-0.25, -0.2) is 9.97 Å². The molecule has 0 saturated carbocycles. The molecule has 1 unspecified atom stereocenters. The van der Waals surface area contributed by atoms with Crippen LogP contribution >= 0.6 is 11.3 Å². The Balaban J connectivity index is 2.02. The molecular formula is C13H18N4S. The van der Waals surface area contributed by atoms with E-state index in [2.05, 4.69) is 21.8 Å². The first-order chi connectivity index (χ1) is 8.83. The Bertz CT molecular complexity index is 543. The molecule has 0 aliphatic heterocycles. The molecule has 18 heavy (non-hydrogen) atoms. The average Bonchev–Trinajstić information content (AvgIpc) is 3.03. The Morgan fingerprint density at radius 3 is 3.22 bits per heavy atom. The van der Waals surface area contributed by atoms with Crippen molar-refractivity contribution in [3.8, 4) is 10.7 Å². The first-order valence-corrected chi connectivity index (χ1v) is 7.32. The lowest BCUT2D eigenvalue weighted by atomic mass is 9.98. The van der Waals surface area contributed by atoms with Gasteiger partial charge in [0.2, 0.25) is 0 Å². The third-order valence-electron chi connectivity index (χ3n) is 3.57. The molecule has 0 aromatic carbocycles. The van der Waals surface area contributed by atoms with Crippen LogP contribution in [0.3, 0.4) is 0 Å². The second-order valence-corrected chi connectivity index (χ2v) is 5.71. The van der Waals surface area contributed by atoms with Crippen molar-refractivity contribution in [3.05, 3.63) is 23.1 Å². The van der Waals surface area contributed by atoms with Gasteiger partial charge < -0.3 is 9.88 Å². The van der Waals surface area contributed by atoms with E-state index >= 15 is 0 Å². The van der Waals surface area contributed by atoms with Gasteiger partial charge in [0.15, 0.2) is 0 Å². The minimum Gasteiger partial charge on any atom is -0.329 e. The third-order valence-corrected chi connectivity index (χ3v) is 4.73. The van der Waals surface area contributed by atoms with E-state index in [0.29, 0.717) is 6.04 Å². The van der Waals surface area contributed by atoms with Gasteiger partial charge >= 0.3 is 0 Å². The molecule has 2 heterocycles. The molecule has 1 aliphatic carbocycles. The summed E-state index contributed by atoms with van der Waals surface area (Å²) in [5.41, 5.74) is 2.40. The topological polar surface area (TPSA) is 42.7 Å². The molecule has 4 nitrogen and oxygen atoms in total. The molecule has 0 saturated heterocycles. The van der Waals surface area contributed by atoms with E-state index in [1.165, 1.54) is 29.8 Å². The van der Waals surface area contributed by atoms with Crippen LogP contribution in [0.25, 0.3) is 10.7 Å². The quantitative estimate of drug-likeness (QED) is 0.924. The number of nitrogens with zero attached hydrogens (tertiary/aromatic N) is 3. The zero-order chi connectivity index (χ0) is 12.5. The molecule has 1 aliphatic rings. The summed E-state index contributed by atoms with van der Waals surface area (Å²) in [4.78, 5) is 10.5. The van der Waals surface area contributed by atoms with Crippen molar-refractivity contribution in [2.75, 3.05) is 7.05 Å². The van der Waals surface area contributed by atoms with Crippen LogP contribution in [-0.4, -0.2) is 21.6 Å². The minimum absolute atomic E-state index is 0.428. The molecule has 0 amide bonds. The summed E-state index contributed by atoms with van der Waals surface area (Å²) in [6.45, 7) is 3.07. The average molecular weight is 262 g/mol. The van der Waals surface area contributed by atoms with E-state index in [1.54, 1.807) is 0 Å². The molecule has 0 radical (unpaired) electrons. The summed E-state index contributed by atoms with van der Waals surface area (Å²) in [6, 6.07) is 0.428. The molecule has 1 N–H and O–H groups in total. The van der Waals surface area contributed by atoms with Gasteiger partial charge in [0.1, 0.15) is 5.01 Å². The number of imidazole rings is 1. The fraction of sp³-hybridized carbons (Fsp3) is 0.538. The lowest BCUT2D eigenvalue weighted by Gasteiger charge is -2.19. The van der Waals surface area contributed by atoms with Gasteiger partial charge in [0, 0.05) is 11.4 Å². The van der Waals surface area contributed by atoms with Crippen LogP contribution in [-0.2, 0) is 13.0 Å². The van der Waals surface area contributed by atoms with E-state index in [-0.39, 0.29) is 0 Å². The standard InChI is InChI=1S/C13H18N4S/c1-3-17-8-15-7-10(17)13-16-12-9(14-2)5-4-6-11(12)18-13/h7-9,14H,3-6H2,1-2H3. The molecule has 0 spiro atoms. The van der Waals surface area contributed by atoms with Crippen molar-refractivity contribution in [3.63, 3.8) is 0 Å². The van der Waals surface area contributed by atoms with Crippen LogP contribution in [0.1, 0.15) is 36.4 Å². The van der Waals surface area contributed by atoms with Crippen molar-refractivity contribution < 1.29 is 0 Å². The predicted octanol–water partition coefficient (Wildman–Crippen LogP) is 2.62. The van der Waals surface area contributed by atoms with Gasteiger partial charge in [-0.2, -0.15) is 0 Å². The van der Waals surface area contributed by atoms with Crippen molar-refractivity contribution in [2.45, 2.75) is 38.8 Å². The fourth-order valence-corrected chi connectivity index (χ4v) is 3.75. The van der Waals surface area contributed by atoms with Crippen molar-refractivity contribution in [1.82, 2.24) is 19.9 Å². The third kappa shape index (κ3) is 1.87. The SMILES string of the molecule is CCn1cncc1-c1nc2c(s1)CCCC2NC. The lowest BCUT2D eigenvalue weighted by molar-refractivity contribution is 0.490. The van der Waals surface area contributed by atoms with E-state index in [1.807, 2.05) is 30.9 Å². The Labute approximate surface area is 111 Å². The summed E-state index contributed by atoms with van der Waals surface area (Å²) in [5.74, 6) is 0. The number of thiazole rings is 1. The Morgan fingerprint density at radius 1 is 1.56 bits per heavy atom. The number of fused-ring (bicyclic) bond motifs is 1. The highest BCUT2D eigenvalue weighted by molar-refractivity contribution is 7.15. The maximum absolute atomic E-state index is 4.85. The fourth-order valence-electron chi connectivity index (χ4n) is 2.56. The highest BCUT2D eigenvalue weighted by Crippen LogP contribution is 2.36. The van der Waals surface area contributed by atoms with Gasteiger partial charge in [-0.1, -0.05) is 0 Å². The molecule has 5 heteroatoms. The highest BCUT2D eigenvalue weighted by atomic mass is 32.1. The van der Waals surface area contributed by atoms with E-state index in [9.17, 15) is 0 Å². The van der Waals surface area contributed by atoms with Crippen molar-refractivity contribution in [1.29, 1.82) is 0 Å². The van der Waals surface area contributed by atoms with E-state index < -0.39 is 0 Å². The molecule has 96 valence electrons. The summed E-state index contributed by atoms with van der Waals surface area (Å²) < 4.78 is 2.15. The Kier molecular flexibility index (Phi) is 3.18. The number of hydrogen-bond donors (Lipinski definition) is 1. The zero-order valence-electron chi connectivity index (χ0n) is 10.8. The van der Waals surface area contributed by atoms with Gasteiger partial charge in [0.25, 0.3) is 0 Å². The largest absolute Gasteiger partial charge is 0.329 e. The highest BCUT2D eigenvalue weighted by Gasteiger charge is 2.24. The van der Waals surface area contributed by atoms with Crippen LogP contribution in [0, 0.1) is 0 Å². The molecule has 2 aromatic heterocycles. The first-order valence-electron chi connectivity index (χ1n) is 6.50. The Morgan fingerprint density at radius 2 is 2.44 bits per heavy atom. The summed E-state index contributed by atoms with van der Waals surface area (Å²) in [7, 11) is 2.02. The predicted molar refractivity (Wildman–Crippen MR) is 73.7 cm³/mol. The normalized spacial score (nSPS) is 18.9. The minimum atomic E-state index is 0.428. The monoisotopic (exact) mass is 262 g/mol. The van der Waals surface area contributed by atoms with Crippen molar-refractivity contribution in [2.24, 2.45) is 0 Å². The second-order valence-electron chi connectivity index (χ2n) is 4.63. The molecule has 0 fully saturated rings. The van der Waals surface area contributed by atoms with Gasteiger partial charge in [-0.15, -0.1) is 11.3 Å². The van der Waals surface area contributed by atoms with E-state index in [4.69, 9.17) is 4.98 Å². The van der Waals surface area contributed by atoms with Crippen LogP contribution in [0.4, 0.5) is 0 Å². The van der Waals surface area contributed by atoms with Gasteiger partial charge in [-0.3, -0.25) is 0 Å². The smallest absolute Gasteiger partial charge is 0.142 e. The second kappa shape index (κ2) is 4.82. The summed E-state index contributed by atoms with van der Waals surface area (Å²) in [6.07, 6.45) is 7.42. The molecular weight excluding hydrogens is 244 g/mol. The first kappa shape index (κ1) is 11.9.